The molecule has 3 unspecified atom stereocenters. The Morgan fingerprint density at radius 3 is 2.71 bits per heavy atom. The van der Waals surface area contributed by atoms with Crippen molar-refractivity contribution in [1.82, 2.24) is 9.80 Å². The van der Waals surface area contributed by atoms with Gasteiger partial charge in [0.25, 0.3) is 0 Å². The lowest BCUT2D eigenvalue weighted by molar-refractivity contribution is -0.0196. The number of anilines is 1. The van der Waals surface area contributed by atoms with E-state index in [1.54, 1.807) is 0 Å². The highest BCUT2D eigenvalue weighted by molar-refractivity contribution is 5.90. The summed E-state index contributed by atoms with van der Waals surface area (Å²) < 4.78 is 0. The predicted octanol–water partition coefficient (Wildman–Crippen LogP) is 3.32. The number of nitrogens with zero attached hydrogens (tertiary/aromatic N) is 3. The second-order valence-electron chi connectivity index (χ2n) is 7.04. The van der Waals surface area contributed by atoms with Crippen molar-refractivity contribution >= 4 is 17.9 Å². The van der Waals surface area contributed by atoms with Gasteiger partial charge in [-0.2, -0.15) is 0 Å². The predicted molar refractivity (Wildman–Crippen MR) is 96.0 cm³/mol. The van der Waals surface area contributed by atoms with E-state index < -0.39 is 0 Å². The standard InChI is InChI=1S/C19H24N4O/c1-14-6-5-9-20-18(10-14)22-12-16-11-17(13-22)23(16)19(24)21-15-7-3-2-4-8-15/h2-4,7-10,14,16-17H,5-6,11-13H2,1H3,(H,21,24). The molecule has 0 aromatic heterocycles. The van der Waals surface area contributed by atoms with Crippen LogP contribution in [0.3, 0.4) is 0 Å². The molecule has 24 heavy (non-hydrogen) atoms. The zero-order valence-corrected chi connectivity index (χ0v) is 14.1. The molecule has 1 aromatic rings. The van der Waals surface area contributed by atoms with Crippen LogP contribution in [0.4, 0.5) is 10.5 Å². The molecular weight excluding hydrogens is 300 g/mol. The largest absolute Gasteiger partial charge is 0.353 e. The number of carbonyl (C=O) groups excluding carboxylic acids is 1. The second-order valence-corrected chi connectivity index (χ2v) is 7.04. The van der Waals surface area contributed by atoms with E-state index in [0.29, 0.717) is 18.0 Å². The Kier molecular flexibility index (Phi) is 4.00. The molecule has 2 amide bonds. The first-order valence-corrected chi connectivity index (χ1v) is 8.84. The van der Waals surface area contributed by atoms with Gasteiger partial charge in [0, 0.05) is 25.0 Å². The molecule has 2 bridgehead atoms. The van der Waals surface area contributed by atoms with Crippen LogP contribution in [0.5, 0.6) is 0 Å². The molecule has 1 N–H and O–H groups in total. The zero-order chi connectivity index (χ0) is 16.5. The van der Waals surface area contributed by atoms with Gasteiger partial charge in [0.15, 0.2) is 0 Å². The second kappa shape index (κ2) is 6.30. The first-order valence-electron chi connectivity index (χ1n) is 8.84. The summed E-state index contributed by atoms with van der Waals surface area (Å²) in [5.74, 6) is 1.66. The van der Waals surface area contributed by atoms with Gasteiger partial charge in [0.2, 0.25) is 0 Å². The molecule has 4 heterocycles. The van der Waals surface area contributed by atoms with Crippen LogP contribution in [0.15, 0.2) is 47.2 Å². The molecule has 0 aliphatic carbocycles. The van der Waals surface area contributed by atoms with Gasteiger partial charge in [-0.15, -0.1) is 0 Å². The smallest absolute Gasteiger partial charge is 0.322 e. The van der Waals surface area contributed by atoms with Crippen LogP contribution in [0.25, 0.3) is 0 Å². The maximum atomic E-state index is 12.6. The Labute approximate surface area is 143 Å². The number of urea groups is 1. The summed E-state index contributed by atoms with van der Waals surface area (Å²) in [5.41, 5.74) is 0.856. The number of hydrogen-bond acceptors (Lipinski definition) is 3. The fourth-order valence-electron chi connectivity index (χ4n) is 3.90. The van der Waals surface area contributed by atoms with Gasteiger partial charge in [-0.3, -0.25) is 0 Å². The number of nitrogens with one attached hydrogen (secondary N) is 1. The van der Waals surface area contributed by atoms with Crippen molar-refractivity contribution < 1.29 is 4.79 Å². The van der Waals surface area contributed by atoms with Gasteiger partial charge in [0.1, 0.15) is 5.82 Å². The molecule has 0 radical (unpaired) electrons. The highest BCUT2D eigenvalue weighted by Crippen LogP contribution is 2.35. The molecule has 1 aromatic carbocycles. The van der Waals surface area contributed by atoms with Crippen LogP contribution in [0.2, 0.25) is 0 Å². The van der Waals surface area contributed by atoms with Crippen molar-refractivity contribution in [1.29, 1.82) is 0 Å². The summed E-state index contributed by atoms with van der Waals surface area (Å²) in [6, 6.07) is 10.3. The minimum Gasteiger partial charge on any atom is -0.353 e. The molecule has 0 spiro atoms. The third-order valence-corrected chi connectivity index (χ3v) is 5.19. The number of carbonyl (C=O) groups is 1. The lowest BCUT2D eigenvalue weighted by Crippen LogP contribution is -2.70. The number of fused-ring (bicyclic) bond motifs is 2. The number of allylic oxidation sites excluding steroid dienone is 1. The minimum absolute atomic E-state index is 0.0221. The molecular formula is C19H24N4O. The van der Waals surface area contributed by atoms with E-state index in [0.717, 1.165) is 37.4 Å². The van der Waals surface area contributed by atoms with Crippen LogP contribution >= 0.6 is 0 Å². The minimum atomic E-state index is 0.0221. The van der Waals surface area contributed by atoms with E-state index in [2.05, 4.69) is 28.2 Å². The molecule has 126 valence electrons. The molecule has 4 aliphatic heterocycles. The summed E-state index contributed by atoms with van der Waals surface area (Å²) in [6.45, 7) is 4.02. The maximum Gasteiger partial charge on any atom is 0.322 e. The number of para-hydroxylation sites is 1. The van der Waals surface area contributed by atoms with Crippen LogP contribution in [-0.2, 0) is 0 Å². The summed E-state index contributed by atoms with van der Waals surface area (Å²) in [7, 11) is 0. The normalized spacial score (nSPS) is 28.7. The first-order chi connectivity index (χ1) is 11.7. The SMILES string of the molecule is CC1C=C(N2CC3CC(C2)N3C(=O)Nc2ccccc2)N=CCC1. The number of amides is 2. The Bertz CT molecular complexity index is 657. The first kappa shape index (κ1) is 15.2. The quantitative estimate of drug-likeness (QED) is 0.907. The zero-order valence-electron chi connectivity index (χ0n) is 14.1. The lowest BCUT2D eigenvalue weighted by Gasteiger charge is -2.56. The van der Waals surface area contributed by atoms with Crippen LogP contribution in [0, 0.1) is 5.92 Å². The van der Waals surface area contributed by atoms with Crippen molar-refractivity contribution in [2.75, 3.05) is 18.4 Å². The number of piperazine rings is 1. The van der Waals surface area contributed by atoms with Crippen molar-refractivity contribution in [3.05, 3.63) is 42.2 Å². The third kappa shape index (κ3) is 2.90. The topological polar surface area (TPSA) is 47.9 Å². The molecule has 5 rings (SSSR count). The van der Waals surface area contributed by atoms with Crippen molar-refractivity contribution in [2.24, 2.45) is 10.9 Å². The van der Waals surface area contributed by atoms with Gasteiger partial charge in [-0.05, 0) is 43.4 Å². The molecule has 5 nitrogen and oxygen atoms in total. The highest BCUT2D eigenvalue weighted by Gasteiger charge is 2.47. The molecule has 0 saturated carbocycles. The number of hydrogen-bond donors (Lipinski definition) is 1. The number of benzene rings is 1. The van der Waals surface area contributed by atoms with E-state index in [-0.39, 0.29) is 6.03 Å². The van der Waals surface area contributed by atoms with Crippen LogP contribution in [-0.4, -0.2) is 47.2 Å². The fraction of sp³-hybridized carbons (Fsp3) is 0.474. The number of rotatable bonds is 2. The van der Waals surface area contributed by atoms with E-state index in [1.807, 2.05) is 41.4 Å². The summed E-state index contributed by atoms with van der Waals surface area (Å²) in [5, 5.41) is 3.01. The van der Waals surface area contributed by atoms with Gasteiger partial charge >= 0.3 is 6.03 Å². The monoisotopic (exact) mass is 324 g/mol. The highest BCUT2D eigenvalue weighted by atomic mass is 16.2. The van der Waals surface area contributed by atoms with Gasteiger partial charge in [-0.25, -0.2) is 9.79 Å². The molecule has 3 fully saturated rings. The van der Waals surface area contributed by atoms with Crippen LogP contribution < -0.4 is 5.32 Å². The van der Waals surface area contributed by atoms with Crippen molar-refractivity contribution in [3.8, 4) is 0 Å². The van der Waals surface area contributed by atoms with E-state index >= 15 is 0 Å². The van der Waals surface area contributed by atoms with E-state index in [1.165, 1.54) is 6.42 Å². The van der Waals surface area contributed by atoms with E-state index in [4.69, 9.17) is 0 Å². The summed E-state index contributed by atoms with van der Waals surface area (Å²) in [6.07, 6.45) is 7.64. The van der Waals surface area contributed by atoms with Gasteiger partial charge in [0.05, 0.1) is 12.1 Å². The van der Waals surface area contributed by atoms with Crippen LogP contribution in [0.1, 0.15) is 26.2 Å². The third-order valence-electron chi connectivity index (χ3n) is 5.19. The molecule has 3 atom stereocenters. The lowest BCUT2D eigenvalue weighted by atomic mass is 9.87. The summed E-state index contributed by atoms with van der Waals surface area (Å²) in [4.78, 5) is 21.5. The Morgan fingerprint density at radius 2 is 1.96 bits per heavy atom. The Morgan fingerprint density at radius 1 is 1.21 bits per heavy atom. The Balaban J connectivity index is 1.40. The number of piperidine rings is 1. The van der Waals surface area contributed by atoms with Crippen molar-refractivity contribution in [3.63, 3.8) is 0 Å². The Hall–Kier alpha value is -2.30. The van der Waals surface area contributed by atoms with Gasteiger partial charge < -0.3 is 15.1 Å². The maximum absolute atomic E-state index is 12.6. The summed E-state index contributed by atoms with van der Waals surface area (Å²) >= 11 is 0. The molecule has 4 aliphatic rings. The number of aliphatic imine (C=N–C) groups is 1. The molecule has 3 saturated heterocycles. The van der Waals surface area contributed by atoms with Gasteiger partial charge in [-0.1, -0.05) is 25.1 Å². The average molecular weight is 324 g/mol. The fourth-order valence-corrected chi connectivity index (χ4v) is 3.90. The molecule has 5 heteroatoms. The average Bonchev–Trinajstić information content (AvgIpc) is 2.80. The van der Waals surface area contributed by atoms with E-state index in [9.17, 15) is 4.79 Å². The van der Waals surface area contributed by atoms with Crippen molar-refractivity contribution in [2.45, 2.75) is 38.3 Å².